The van der Waals surface area contributed by atoms with Gasteiger partial charge in [-0.25, -0.2) is 4.98 Å². The fourth-order valence-electron chi connectivity index (χ4n) is 1.80. The molecule has 104 valence electrons. The van der Waals surface area contributed by atoms with Gasteiger partial charge in [0.25, 0.3) is 0 Å². The van der Waals surface area contributed by atoms with Crippen molar-refractivity contribution in [1.29, 1.82) is 5.26 Å². The van der Waals surface area contributed by atoms with Gasteiger partial charge in [0, 0.05) is 17.0 Å². The molecule has 0 saturated carbocycles. The van der Waals surface area contributed by atoms with E-state index in [9.17, 15) is 0 Å². The Labute approximate surface area is 122 Å². The fourth-order valence-corrected chi connectivity index (χ4v) is 2.84. The minimum absolute atomic E-state index is 0.156. The van der Waals surface area contributed by atoms with Crippen LogP contribution in [0.3, 0.4) is 0 Å². The number of aryl methyl sites for hydroxylation is 2. The van der Waals surface area contributed by atoms with Crippen LogP contribution < -0.4 is 5.73 Å². The molecule has 0 aliphatic rings. The monoisotopic (exact) mass is 288 g/mol. The summed E-state index contributed by atoms with van der Waals surface area (Å²) in [7, 11) is 0. The fraction of sp³-hybridized carbons (Fsp3) is 0.357. The topological polar surface area (TPSA) is 88.7 Å². The van der Waals surface area contributed by atoms with Crippen LogP contribution in [0.5, 0.6) is 0 Å². The molecule has 0 radical (unpaired) electrons. The molecule has 2 aromatic heterocycles. The molecule has 0 aliphatic heterocycles. The highest BCUT2D eigenvalue weighted by molar-refractivity contribution is 7.99. The number of nitrogens with zero attached hydrogens (tertiary/aromatic N) is 3. The van der Waals surface area contributed by atoms with Crippen LogP contribution in [-0.4, -0.2) is 15.9 Å². The molecule has 0 amide bonds. The largest absolute Gasteiger partial charge is 0.364 e. The molecule has 0 saturated heterocycles. The van der Waals surface area contributed by atoms with Crippen LogP contribution in [0.4, 0.5) is 0 Å². The van der Waals surface area contributed by atoms with Crippen LogP contribution in [0.2, 0.25) is 0 Å². The van der Waals surface area contributed by atoms with E-state index in [4.69, 9.17) is 15.5 Å². The Bertz CT molecular complexity index is 632. The Balaban J connectivity index is 1.95. The van der Waals surface area contributed by atoms with Gasteiger partial charge < -0.3 is 10.3 Å². The number of aromatic nitrogens is 2. The van der Waals surface area contributed by atoms with Gasteiger partial charge in [-0.05, 0) is 32.4 Å². The summed E-state index contributed by atoms with van der Waals surface area (Å²) < 4.78 is 4.89. The van der Waals surface area contributed by atoms with E-state index in [0.717, 1.165) is 34.2 Å². The van der Waals surface area contributed by atoms with Gasteiger partial charge in [-0.3, -0.25) is 0 Å². The van der Waals surface area contributed by atoms with Gasteiger partial charge in [0.15, 0.2) is 0 Å². The second-order valence-electron chi connectivity index (χ2n) is 4.54. The molecule has 0 aliphatic carbocycles. The summed E-state index contributed by atoms with van der Waals surface area (Å²) in [4.78, 5) is 4.39. The lowest BCUT2D eigenvalue weighted by molar-refractivity contribution is 0.404. The molecule has 20 heavy (non-hydrogen) atoms. The smallest absolute Gasteiger partial charge is 0.127 e. The van der Waals surface area contributed by atoms with Crippen LogP contribution in [0.15, 0.2) is 27.9 Å². The molecule has 6 heteroatoms. The second-order valence-corrected chi connectivity index (χ2v) is 5.63. The van der Waals surface area contributed by atoms with Crippen LogP contribution in [0.1, 0.15) is 35.0 Å². The Kier molecular flexibility index (Phi) is 4.77. The van der Waals surface area contributed by atoms with Crippen LogP contribution in [0, 0.1) is 25.2 Å². The van der Waals surface area contributed by atoms with Gasteiger partial charge in [0.05, 0.1) is 11.6 Å². The molecule has 1 unspecified atom stereocenters. The number of rotatable bonds is 5. The number of hydrogen-bond donors (Lipinski definition) is 1. The Morgan fingerprint density at radius 2 is 2.25 bits per heavy atom. The third kappa shape index (κ3) is 3.38. The predicted octanol–water partition coefficient (Wildman–Crippen LogP) is 2.74. The molecule has 0 fully saturated rings. The Morgan fingerprint density at radius 3 is 2.90 bits per heavy atom. The van der Waals surface area contributed by atoms with Crippen molar-refractivity contribution in [1.82, 2.24) is 10.1 Å². The predicted molar refractivity (Wildman–Crippen MR) is 77.2 cm³/mol. The third-order valence-electron chi connectivity index (χ3n) is 2.92. The summed E-state index contributed by atoms with van der Waals surface area (Å²) in [6.07, 6.45) is 2.34. The Morgan fingerprint density at radius 1 is 1.45 bits per heavy atom. The first-order valence-electron chi connectivity index (χ1n) is 6.29. The van der Waals surface area contributed by atoms with Crippen molar-refractivity contribution >= 4 is 11.8 Å². The zero-order valence-electron chi connectivity index (χ0n) is 11.5. The zero-order chi connectivity index (χ0) is 14.5. The van der Waals surface area contributed by atoms with Gasteiger partial charge in [-0.2, -0.15) is 5.26 Å². The highest BCUT2D eigenvalue weighted by Crippen LogP contribution is 2.24. The summed E-state index contributed by atoms with van der Waals surface area (Å²) in [6, 6.07) is 5.64. The SMILES string of the molecule is Cc1ccc(C#N)c(SCCC(N)c2nocc2C)n1. The number of hydrogen-bond acceptors (Lipinski definition) is 6. The molecule has 1 atom stereocenters. The van der Waals surface area contributed by atoms with E-state index in [1.807, 2.05) is 19.9 Å². The van der Waals surface area contributed by atoms with E-state index in [1.165, 1.54) is 0 Å². The van der Waals surface area contributed by atoms with Crippen molar-refractivity contribution in [3.8, 4) is 6.07 Å². The highest BCUT2D eigenvalue weighted by atomic mass is 32.2. The summed E-state index contributed by atoms with van der Waals surface area (Å²) in [6.45, 7) is 3.84. The molecule has 0 bridgehead atoms. The van der Waals surface area contributed by atoms with Crippen molar-refractivity contribution in [3.05, 3.63) is 40.9 Å². The lowest BCUT2D eigenvalue weighted by Gasteiger charge is -2.09. The minimum atomic E-state index is -0.156. The first-order chi connectivity index (χ1) is 9.61. The number of nitriles is 1. The second kappa shape index (κ2) is 6.55. The van der Waals surface area contributed by atoms with Gasteiger partial charge >= 0.3 is 0 Å². The van der Waals surface area contributed by atoms with Crippen molar-refractivity contribution in [2.75, 3.05) is 5.75 Å². The maximum atomic E-state index is 9.05. The van der Waals surface area contributed by atoms with E-state index in [-0.39, 0.29) is 6.04 Å². The standard InChI is InChI=1S/C14H16N4OS/c1-9-8-19-18-13(9)12(16)5-6-20-14-11(7-15)4-3-10(2)17-14/h3-4,8,12H,5-6,16H2,1-2H3. The maximum Gasteiger partial charge on any atom is 0.127 e. The number of nitrogens with two attached hydrogens (primary N) is 1. The number of thioether (sulfide) groups is 1. The van der Waals surface area contributed by atoms with Gasteiger partial charge in [0.1, 0.15) is 23.1 Å². The first-order valence-corrected chi connectivity index (χ1v) is 7.27. The van der Waals surface area contributed by atoms with Gasteiger partial charge in [0.2, 0.25) is 0 Å². The van der Waals surface area contributed by atoms with Crippen molar-refractivity contribution in [2.24, 2.45) is 5.73 Å². The van der Waals surface area contributed by atoms with E-state index in [2.05, 4.69) is 16.2 Å². The highest BCUT2D eigenvalue weighted by Gasteiger charge is 2.13. The van der Waals surface area contributed by atoms with Crippen molar-refractivity contribution in [2.45, 2.75) is 31.3 Å². The maximum absolute atomic E-state index is 9.05. The lowest BCUT2D eigenvalue weighted by atomic mass is 10.1. The molecule has 2 aromatic rings. The molecule has 2 rings (SSSR count). The Hall–Kier alpha value is -1.84. The molecule has 2 heterocycles. The first kappa shape index (κ1) is 14.6. The zero-order valence-corrected chi connectivity index (χ0v) is 12.3. The van der Waals surface area contributed by atoms with Gasteiger partial charge in [-0.15, -0.1) is 11.8 Å². The normalized spacial score (nSPS) is 12.1. The summed E-state index contributed by atoms with van der Waals surface area (Å²) >= 11 is 1.55. The molecular weight excluding hydrogens is 272 g/mol. The number of pyridine rings is 1. The van der Waals surface area contributed by atoms with Crippen LogP contribution >= 0.6 is 11.8 Å². The summed E-state index contributed by atoms with van der Waals surface area (Å²) in [5, 5.41) is 13.7. The lowest BCUT2D eigenvalue weighted by Crippen LogP contribution is -2.12. The molecular formula is C14H16N4OS. The van der Waals surface area contributed by atoms with Crippen LogP contribution in [-0.2, 0) is 0 Å². The third-order valence-corrected chi connectivity index (χ3v) is 3.95. The molecule has 5 nitrogen and oxygen atoms in total. The average Bonchev–Trinajstić information content (AvgIpc) is 2.85. The van der Waals surface area contributed by atoms with E-state index < -0.39 is 0 Å². The van der Waals surface area contributed by atoms with E-state index >= 15 is 0 Å². The van der Waals surface area contributed by atoms with E-state index in [0.29, 0.717) is 5.56 Å². The van der Waals surface area contributed by atoms with Gasteiger partial charge in [-0.1, -0.05) is 5.16 Å². The molecule has 0 aromatic carbocycles. The molecule has 2 N–H and O–H groups in total. The van der Waals surface area contributed by atoms with Crippen molar-refractivity contribution < 1.29 is 4.52 Å². The summed E-state index contributed by atoms with van der Waals surface area (Å²) in [5.74, 6) is 0.776. The van der Waals surface area contributed by atoms with E-state index in [1.54, 1.807) is 24.1 Å². The van der Waals surface area contributed by atoms with Crippen molar-refractivity contribution in [3.63, 3.8) is 0 Å². The quantitative estimate of drug-likeness (QED) is 0.851. The molecule has 0 spiro atoms. The average molecular weight is 288 g/mol. The van der Waals surface area contributed by atoms with Crippen LogP contribution in [0.25, 0.3) is 0 Å². The minimum Gasteiger partial charge on any atom is -0.364 e. The summed E-state index contributed by atoms with van der Waals surface area (Å²) in [5.41, 5.74) is 9.35.